The van der Waals surface area contributed by atoms with Crippen molar-refractivity contribution in [1.29, 1.82) is 5.26 Å². The third-order valence-electron chi connectivity index (χ3n) is 4.30. The molecule has 1 fully saturated rings. The summed E-state index contributed by atoms with van der Waals surface area (Å²) in [5, 5.41) is 15.0. The Labute approximate surface area is 177 Å². The van der Waals surface area contributed by atoms with Crippen LogP contribution in [0.4, 0.5) is 4.39 Å². The molecule has 1 aliphatic heterocycles. The number of ether oxygens (including phenoxy) is 2. The Morgan fingerprint density at radius 2 is 2.15 bits per heavy atom. The fourth-order valence-electron chi connectivity index (χ4n) is 2.70. The molecule has 1 saturated heterocycles. The number of benzene rings is 1. The molecule has 2 rings (SSSR count). The van der Waals surface area contributed by atoms with Gasteiger partial charge in [-0.3, -0.25) is 4.99 Å². The van der Waals surface area contributed by atoms with E-state index in [4.69, 9.17) is 14.7 Å². The first-order valence-corrected chi connectivity index (χ1v) is 9.01. The number of rotatable bonds is 8. The summed E-state index contributed by atoms with van der Waals surface area (Å²) in [5.41, 5.74) is 0.807. The predicted octanol–water partition coefficient (Wildman–Crippen LogP) is 2.81. The van der Waals surface area contributed by atoms with Gasteiger partial charge in [0.2, 0.25) is 0 Å². The molecule has 27 heavy (non-hydrogen) atoms. The minimum atomic E-state index is -0.395. The topological polar surface area (TPSA) is 78.7 Å². The lowest BCUT2D eigenvalue weighted by molar-refractivity contribution is 0.0203. The molecule has 0 aromatic heterocycles. The van der Waals surface area contributed by atoms with E-state index in [0.29, 0.717) is 36.2 Å². The van der Waals surface area contributed by atoms with Crippen LogP contribution in [0.1, 0.15) is 30.4 Å². The van der Waals surface area contributed by atoms with Crippen LogP contribution in [-0.2, 0) is 16.0 Å². The van der Waals surface area contributed by atoms with Crippen molar-refractivity contribution in [3.63, 3.8) is 0 Å². The van der Waals surface area contributed by atoms with Crippen LogP contribution in [0.25, 0.3) is 0 Å². The molecule has 150 valence electrons. The molecule has 8 heteroatoms. The summed E-state index contributed by atoms with van der Waals surface area (Å²) in [6, 6.07) is 6.37. The van der Waals surface area contributed by atoms with Crippen LogP contribution in [0.3, 0.4) is 0 Å². The van der Waals surface area contributed by atoms with Gasteiger partial charge >= 0.3 is 0 Å². The average molecular weight is 490 g/mol. The van der Waals surface area contributed by atoms with Crippen LogP contribution in [0.2, 0.25) is 0 Å². The quantitative estimate of drug-likeness (QED) is 0.254. The van der Waals surface area contributed by atoms with Gasteiger partial charge in [-0.15, -0.1) is 24.0 Å². The molecule has 1 aromatic rings. The van der Waals surface area contributed by atoms with Crippen molar-refractivity contribution >= 4 is 29.9 Å². The maximum Gasteiger partial charge on any atom is 0.191 e. The van der Waals surface area contributed by atoms with Crippen molar-refractivity contribution in [2.24, 2.45) is 10.9 Å². The van der Waals surface area contributed by atoms with Gasteiger partial charge < -0.3 is 20.1 Å². The molecular weight excluding hydrogens is 462 g/mol. The van der Waals surface area contributed by atoms with Gasteiger partial charge in [-0.05, 0) is 37.3 Å². The Bertz CT molecular complexity index is 631. The van der Waals surface area contributed by atoms with E-state index >= 15 is 0 Å². The highest BCUT2D eigenvalue weighted by Gasteiger charge is 2.13. The number of guanidine groups is 1. The summed E-state index contributed by atoms with van der Waals surface area (Å²) in [6.45, 7) is 4.22. The van der Waals surface area contributed by atoms with Crippen molar-refractivity contribution in [2.45, 2.75) is 25.8 Å². The van der Waals surface area contributed by atoms with Crippen LogP contribution < -0.4 is 10.6 Å². The van der Waals surface area contributed by atoms with Crippen LogP contribution >= 0.6 is 24.0 Å². The average Bonchev–Trinajstić information content (AvgIpc) is 2.68. The first kappa shape index (κ1) is 23.6. The number of hydrogen-bond acceptors (Lipinski definition) is 4. The molecule has 2 N–H and O–H groups in total. The van der Waals surface area contributed by atoms with Crippen LogP contribution in [0.15, 0.2) is 23.2 Å². The maximum atomic E-state index is 13.9. The minimum absolute atomic E-state index is 0. The third kappa shape index (κ3) is 8.86. The van der Waals surface area contributed by atoms with Crippen LogP contribution in [0, 0.1) is 23.1 Å². The van der Waals surface area contributed by atoms with Crippen molar-refractivity contribution in [3.05, 3.63) is 35.1 Å². The Balaban J connectivity index is 0.00000364. The zero-order chi connectivity index (χ0) is 18.6. The van der Waals surface area contributed by atoms with E-state index in [1.807, 2.05) is 6.07 Å². The highest BCUT2D eigenvalue weighted by molar-refractivity contribution is 14.0. The molecule has 0 aliphatic carbocycles. The monoisotopic (exact) mass is 490 g/mol. The number of hydrogen-bond donors (Lipinski definition) is 2. The molecule has 1 aromatic carbocycles. The second-order valence-corrected chi connectivity index (χ2v) is 6.25. The lowest BCUT2D eigenvalue weighted by atomic mass is 10.0. The molecule has 0 radical (unpaired) electrons. The van der Waals surface area contributed by atoms with Gasteiger partial charge in [-0.25, -0.2) is 4.39 Å². The van der Waals surface area contributed by atoms with Crippen molar-refractivity contribution in [3.8, 4) is 6.07 Å². The van der Waals surface area contributed by atoms with E-state index in [1.165, 1.54) is 6.07 Å². The number of halogens is 2. The first-order chi connectivity index (χ1) is 12.7. The fraction of sp³-hybridized carbons (Fsp3) is 0.579. The maximum absolute atomic E-state index is 13.9. The molecule has 0 spiro atoms. The predicted molar refractivity (Wildman–Crippen MR) is 114 cm³/mol. The van der Waals surface area contributed by atoms with Crippen molar-refractivity contribution in [2.75, 3.05) is 40.0 Å². The second kappa shape index (κ2) is 13.7. The summed E-state index contributed by atoms with van der Waals surface area (Å²) >= 11 is 0. The van der Waals surface area contributed by atoms with Crippen LogP contribution in [0.5, 0.6) is 0 Å². The smallest absolute Gasteiger partial charge is 0.191 e. The molecular formula is C19H28FIN4O2. The Morgan fingerprint density at radius 3 is 2.81 bits per heavy atom. The van der Waals surface area contributed by atoms with Gasteiger partial charge in [0.1, 0.15) is 5.82 Å². The zero-order valence-electron chi connectivity index (χ0n) is 15.7. The van der Waals surface area contributed by atoms with E-state index in [-0.39, 0.29) is 24.0 Å². The second-order valence-electron chi connectivity index (χ2n) is 6.25. The van der Waals surface area contributed by atoms with Crippen molar-refractivity contribution in [1.82, 2.24) is 10.6 Å². The number of aliphatic imine (C=N–C) groups is 1. The Hall–Kier alpha value is -1.44. The molecule has 0 saturated carbocycles. The molecule has 0 atom stereocenters. The van der Waals surface area contributed by atoms with E-state index < -0.39 is 5.82 Å². The normalized spacial score (nSPS) is 14.9. The molecule has 1 aliphatic rings. The molecule has 6 nitrogen and oxygen atoms in total. The fourth-order valence-corrected chi connectivity index (χ4v) is 2.70. The van der Waals surface area contributed by atoms with E-state index in [9.17, 15) is 4.39 Å². The number of nitrogens with one attached hydrogen (secondary N) is 2. The van der Waals surface area contributed by atoms with Gasteiger partial charge in [-0.1, -0.05) is 6.07 Å². The minimum Gasteiger partial charge on any atom is -0.381 e. The summed E-state index contributed by atoms with van der Waals surface area (Å²) < 4.78 is 24.9. The highest BCUT2D eigenvalue weighted by atomic mass is 127. The molecule has 0 bridgehead atoms. The van der Waals surface area contributed by atoms with Crippen LogP contribution in [-0.4, -0.2) is 46.0 Å². The molecule has 0 unspecified atom stereocenters. The largest absolute Gasteiger partial charge is 0.381 e. The van der Waals surface area contributed by atoms with Gasteiger partial charge in [0.15, 0.2) is 5.96 Å². The molecule has 0 amide bonds. The van der Waals surface area contributed by atoms with E-state index in [2.05, 4.69) is 15.6 Å². The number of nitriles is 1. The lowest BCUT2D eigenvalue weighted by Crippen LogP contribution is -2.37. The zero-order valence-corrected chi connectivity index (χ0v) is 18.0. The van der Waals surface area contributed by atoms with Gasteiger partial charge in [-0.2, -0.15) is 5.26 Å². The third-order valence-corrected chi connectivity index (χ3v) is 4.30. The SMILES string of the molecule is CN=C(NCCCOCC1CCOCC1)NCc1ccc(C#N)cc1F.I. The Kier molecular flexibility index (Phi) is 12.0. The van der Waals surface area contributed by atoms with E-state index in [1.54, 1.807) is 19.2 Å². The van der Waals surface area contributed by atoms with Gasteiger partial charge in [0, 0.05) is 52.1 Å². The van der Waals surface area contributed by atoms with Gasteiger partial charge in [0.25, 0.3) is 0 Å². The van der Waals surface area contributed by atoms with Gasteiger partial charge in [0.05, 0.1) is 11.6 Å². The summed E-state index contributed by atoms with van der Waals surface area (Å²) in [7, 11) is 1.67. The first-order valence-electron chi connectivity index (χ1n) is 9.01. The lowest BCUT2D eigenvalue weighted by Gasteiger charge is -2.21. The Morgan fingerprint density at radius 1 is 1.37 bits per heavy atom. The summed E-state index contributed by atoms with van der Waals surface area (Å²) in [6.07, 6.45) is 3.04. The standard InChI is InChI=1S/C19H27FN4O2.HI/c1-22-19(24-13-17-4-3-16(12-21)11-18(17)20)23-7-2-8-26-14-15-5-9-25-10-6-15;/h3-4,11,15H,2,5-10,13-14H2,1H3,(H2,22,23,24);1H. The molecule has 1 heterocycles. The van der Waals surface area contributed by atoms with E-state index in [0.717, 1.165) is 45.6 Å². The highest BCUT2D eigenvalue weighted by Crippen LogP contribution is 2.14. The summed E-state index contributed by atoms with van der Waals surface area (Å²) in [4.78, 5) is 4.12. The number of nitrogens with zero attached hydrogens (tertiary/aromatic N) is 2. The summed E-state index contributed by atoms with van der Waals surface area (Å²) in [5.74, 6) is 0.833. The van der Waals surface area contributed by atoms with Crippen molar-refractivity contribution < 1.29 is 13.9 Å².